The van der Waals surface area contributed by atoms with Crippen LogP contribution in [0.1, 0.15) is 15.9 Å². The van der Waals surface area contributed by atoms with Gasteiger partial charge in [-0.3, -0.25) is 14.9 Å². The predicted octanol–water partition coefficient (Wildman–Crippen LogP) is 3.03. The third-order valence-corrected chi connectivity index (χ3v) is 2.90. The first-order valence-corrected chi connectivity index (χ1v) is 6.02. The van der Waals surface area contributed by atoms with E-state index in [4.69, 9.17) is 4.74 Å². The van der Waals surface area contributed by atoms with Crippen molar-refractivity contribution < 1.29 is 14.5 Å². The van der Waals surface area contributed by atoms with Crippen molar-refractivity contribution in [3.63, 3.8) is 0 Å². The van der Waals surface area contributed by atoms with Crippen molar-refractivity contribution in [1.29, 1.82) is 0 Å². The SMILES string of the molecule is COc1c(C(=O)Cc2ccccc2)cccc1[N+](=O)[O-]. The van der Waals surface area contributed by atoms with E-state index in [1.54, 1.807) is 0 Å². The van der Waals surface area contributed by atoms with E-state index in [1.165, 1.54) is 25.3 Å². The summed E-state index contributed by atoms with van der Waals surface area (Å²) in [5.74, 6) is -0.199. The molecule has 0 aliphatic heterocycles. The van der Waals surface area contributed by atoms with Crippen molar-refractivity contribution in [1.82, 2.24) is 0 Å². The van der Waals surface area contributed by atoms with Crippen molar-refractivity contribution in [2.45, 2.75) is 6.42 Å². The molecule has 0 unspecified atom stereocenters. The van der Waals surface area contributed by atoms with Gasteiger partial charge in [0.1, 0.15) is 0 Å². The van der Waals surface area contributed by atoms with E-state index in [9.17, 15) is 14.9 Å². The monoisotopic (exact) mass is 271 g/mol. The summed E-state index contributed by atoms with van der Waals surface area (Å²) in [5.41, 5.74) is 0.878. The molecule has 0 spiro atoms. The first kappa shape index (κ1) is 13.7. The maximum Gasteiger partial charge on any atom is 0.311 e. The molecule has 0 aromatic heterocycles. The summed E-state index contributed by atoms with van der Waals surface area (Å²) >= 11 is 0. The van der Waals surface area contributed by atoms with E-state index in [2.05, 4.69) is 0 Å². The third-order valence-electron chi connectivity index (χ3n) is 2.90. The molecule has 20 heavy (non-hydrogen) atoms. The second kappa shape index (κ2) is 5.97. The zero-order valence-electron chi connectivity index (χ0n) is 10.9. The van der Waals surface area contributed by atoms with Crippen LogP contribution in [-0.2, 0) is 6.42 Å². The Kier molecular flexibility index (Phi) is 4.10. The fourth-order valence-electron chi connectivity index (χ4n) is 1.98. The number of ether oxygens (including phenoxy) is 1. The van der Waals surface area contributed by atoms with Gasteiger partial charge in [0, 0.05) is 12.5 Å². The number of hydrogen-bond acceptors (Lipinski definition) is 4. The van der Waals surface area contributed by atoms with Gasteiger partial charge in [-0.05, 0) is 11.6 Å². The van der Waals surface area contributed by atoms with Crippen molar-refractivity contribution >= 4 is 11.5 Å². The summed E-state index contributed by atoms with van der Waals surface area (Å²) < 4.78 is 5.03. The quantitative estimate of drug-likeness (QED) is 0.476. The number of carbonyl (C=O) groups is 1. The lowest BCUT2D eigenvalue weighted by atomic mass is 10.0. The summed E-state index contributed by atoms with van der Waals surface area (Å²) in [6.45, 7) is 0. The Morgan fingerprint density at radius 2 is 1.85 bits per heavy atom. The lowest BCUT2D eigenvalue weighted by molar-refractivity contribution is -0.385. The molecule has 5 nitrogen and oxygen atoms in total. The highest BCUT2D eigenvalue weighted by atomic mass is 16.6. The molecule has 2 aromatic carbocycles. The Balaban J connectivity index is 2.35. The number of methoxy groups -OCH3 is 1. The highest BCUT2D eigenvalue weighted by molar-refractivity contribution is 6.01. The third kappa shape index (κ3) is 2.83. The van der Waals surface area contributed by atoms with Crippen molar-refractivity contribution in [2.24, 2.45) is 0 Å². The molecule has 0 aliphatic rings. The van der Waals surface area contributed by atoms with Gasteiger partial charge in [-0.15, -0.1) is 0 Å². The zero-order chi connectivity index (χ0) is 14.5. The lowest BCUT2D eigenvalue weighted by Gasteiger charge is -2.08. The number of rotatable bonds is 5. The molecule has 2 rings (SSSR count). The molecule has 0 heterocycles. The van der Waals surface area contributed by atoms with Crippen LogP contribution in [0.5, 0.6) is 5.75 Å². The summed E-state index contributed by atoms with van der Waals surface area (Å²) in [6.07, 6.45) is 0.179. The van der Waals surface area contributed by atoms with Crippen LogP contribution in [0.2, 0.25) is 0 Å². The summed E-state index contributed by atoms with van der Waals surface area (Å²) in [6, 6.07) is 13.6. The largest absolute Gasteiger partial charge is 0.490 e. The number of Topliss-reactive ketones (excluding diaryl/α,β-unsaturated/α-hetero) is 1. The average molecular weight is 271 g/mol. The van der Waals surface area contributed by atoms with Crippen LogP contribution < -0.4 is 4.74 Å². The second-order valence-electron chi connectivity index (χ2n) is 4.20. The molecule has 0 saturated carbocycles. The number of nitro groups is 1. The van der Waals surface area contributed by atoms with Crippen molar-refractivity contribution in [3.05, 3.63) is 69.8 Å². The number of nitro benzene ring substituents is 1. The fourth-order valence-corrected chi connectivity index (χ4v) is 1.98. The molecule has 0 aliphatic carbocycles. The highest BCUT2D eigenvalue weighted by Gasteiger charge is 2.22. The summed E-state index contributed by atoms with van der Waals surface area (Å²) in [5, 5.41) is 10.9. The van der Waals surface area contributed by atoms with Crippen LogP contribution >= 0.6 is 0 Å². The van der Waals surface area contributed by atoms with Gasteiger partial charge in [-0.25, -0.2) is 0 Å². The van der Waals surface area contributed by atoms with Crippen LogP contribution in [0, 0.1) is 10.1 Å². The molecule has 2 aromatic rings. The minimum atomic E-state index is -0.557. The van der Waals surface area contributed by atoms with Crippen LogP contribution in [0.3, 0.4) is 0 Å². The predicted molar refractivity (Wildman–Crippen MR) is 74.1 cm³/mol. The van der Waals surface area contributed by atoms with Gasteiger partial charge in [-0.2, -0.15) is 0 Å². The molecule has 0 atom stereocenters. The van der Waals surface area contributed by atoms with Gasteiger partial charge in [0.2, 0.25) is 5.75 Å². The molecule has 0 bridgehead atoms. The topological polar surface area (TPSA) is 69.4 Å². The van der Waals surface area contributed by atoms with Gasteiger partial charge in [0.05, 0.1) is 17.6 Å². The number of hydrogen-bond donors (Lipinski definition) is 0. The number of nitrogens with zero attached hydrogens (tertiary/aromatic N) is 1. The Morgan fingerprint density at radius 1 is 1.15 bits per heavy atom. The fraction of sp³-hybridized carbons (Fsp3) is 0.133. The normalized spacial score (nSPS) is 10.1. The number of carbonyl (C=O) groups excluding carboxylic acids is 1. The molecule has 102 valence electrons. The van der Waals surface area contributed by atoms with E-state index in [0.717, 1.165) is 5.56 Å². The first-order chi connectivity index (χ1) is 9.63. The van der Waals surface area contributed by atoms with Crippen LogP contribution in [0.25, 0.3) is 0 Å². The Morgan fingerprint density at radius 3 is 2.45 bits per heavy atom. The minimum absolute atomic E-state index is 0.0124. The first-order valence-electron chi connectivity index (χ1n) is 6.02. The Bertz CT molecular complexity index is 638. The second-order valence-corrected chi connectivity index (χ2v) is 4.20. The Labute approximate surface area is 116 Å². The van der Waals surface area contributed by atoms with E-state index in [0.29, 0.717) is 0 Å². The smallest absolute Gasteiger partial charge is 0.311 e. The maximum atomic E-state index is 12.3. The standard InChI is InChI=1S/C15H13NO4/c1-20-15-12(8-5-9-13(15)16(18)19)14(17)10-11-6-3-2-4-7-11/h2-9H,10H2,1H3. The van der Waals surface area contributed by atoms with Crippen LogP contribution in [-0.4, -0.2) is 17.8 Å². The number of benzene rings is 2. The van der Waals surface area contributed by atoms with Crippen molar-refractivity contribution in [3.8, 4) is 5.75 Å². The van der Waals surface area contributed by atoms with E-state index in [-0.39, 0.29) is 29.2 Å². The van der Waals surface area contributed by atoms with Gasteiger partial charge in [0.15, 0.2) is 5.78 Å². The molecular formula is C15H13NO4. The lowest BCUT2D eigenvalue weighted by Crippen LogP contribution is -2.07. The molecule has 0 amide bonds. The summed E-state index contributed by atoms with van der Waals surface area (Å²) in [4.78, 5) is 22.6. The average Bonchev–Trinajstić information content (AvgIpc) is 2.47. The molecule has 5 heteroatoms. The zero-order valence-corrected chi connectivity index (χ0v) is 10.9. The number of para-hydroxylation sites is 1. The van der Waals surface area contributed by atoms with Crippen LogP contribution in [0.15, 0.2) is 48.5 Å². The van der Waals surface area contributed by atoms with Crippen molar-refractivity contribution in [2.75, 3.05) is 7.11 Å². The molecular weight excluding hydrogens is 258 g/mol. The molecule has 0 radical (unpaired) electrons. The van der Waals surface area contributed by atoms with Gasteiger partial charge < -0.3 is 4.74 Å². The maximum absolute atomic E-state index is 12.3. The Hall–Kier alpha value is -2.69. The summed E-state index contributed by atoms with van der Waals surface area (Å²) in [7, 11) is 1.32. The molecule has 0 N–H and O–H groups in total. The van der Waals surface area contributed by atoms with Crippen LogP contribution in [0.4, 0.5) is 5.69 Å². The molecule has 0 saturated heterocycles. The molecule has 0 fully saturated rings. The van der Waals surface area contributed by atoms with Gasteiger partial charge >= 0.3 is 5.69 Å². The van der Waals surface area contributed by atoms with E-state index >= 15 is 0 Å². The highest BCUT2D eigenvalue weighted by Crippen LogP contribution is 2.31. The van der Waals surface area contributed by atoms with E-state index < -0.39 is 4.92 Å². The van der Waals surface area contributed by atoms with Gasteiger partial charge in [0.25, 0.3) is 0 Å². The number of ketones is 1. The van der Waals surface area contributed by atoms with E-state index in [1.807, 2.05) is 30.3 Å². The minimum Gasteiger partial charge on any atom is -0.490 e. The van der Waals surface area contributed by atoms with Gasteiger partial charge in [-0.1, -0.05) is 36.4 Å².